The lowest BCUT2D eigenvalue weighted by atomic mass is 10.2. The number of benzene rings is 1. The number of likely N-dealkylation sites (N-methyl/N-ethyl adjacent to an activating group) is 1. The summed E-state index contributed by atoms with van der Waals surface area (Å²) in [5.74, 6) is 1.64. The molecule has 4 heterocycles. The van der Waals surface area contributed by atoms with Crippen LogP contribution in [0.25, 0.3) is 11.1 Å². The molecule has 5 rings (SSSR count). The minimum Gasteiger partial charge on any atom is -0.408 e. The molecule has 1 fully saturated rings. The van der Waals surface area contributed by atoms with Crippen LogP contribution in [-0.4, -0.2) is 57.1 Å². The van der Waals surface area contributed by atoms with Crippen molar-refractivity contribution in [1.82, 2.24) is 24.8 Å². The number of rotatable bonds is 8. The summed E-state index contributed by atoms with van der Waals surface area (Å²) in [6.45, 7) is 10.6. The number of aromatic amines is 1. The lowest BCUT2D eigenvalue weighted by molar-refractivity contribution is 0.232. The quantitative estimate of drug-likeness (QED) is 0.348. The summed E-state index contributed by atoms with van der Waals surface area (Å²) in [6, 6.07) is 10.0. The smallest absolute Gasteiger partial charge is 0.408 e. The van der Waals surface area contributed by atoms with Gasteiger partial charge in [0, 0.05) is 36.6 Å². The van der Waals surface area contributed by atoms with Crippen LogP contribution in [-0.2, 0) is 0 Å². The highest BCUT2D eigenvalue weighted by Crippen LogP contribution is 2.25. The Kier molecular flexibility index (Phi) is 6.37. The molecule has 1 aliphatic heterocycles. The Morgan fingerprint density at radius 2 is 1.94 bits per heavy atom. The van der Waals surface area contributed by atoms with E-state index in [0.717, 1.165) is 48.9 Å². The number of nitrogens with zero attached hydrogens (tertiary/aromatic N) is 5. The highest BCUT2D eigenvalue weighted by Gasteiger charge is 2.26. The van der Waals surface area contributed by atoms with Crippen molar-refractivity contribution >= 4 is 40.1 Å². The second kappa shape index (κ2) is 9.75. The Bertz CT molecular complexity index is 1360. The van der Waals surface area contributed by atoms with Crippen LogP contribution in [0.5, 0.6) is 0 Å². The van der Waals surface area contributed by atoms with Crippen molar-refractivity contribution in [1.29, 1.82) is 0 Å². The van der Waals surface area contributed by atoms with Crippen LogP contribution in [0.2, 0.25) is 0 Å². The van der Waals surface area contributed by atoms with Crippen molar-refractivity contribution in [2.24, 2.45) is 0 Å². The van der Waals surface area contributed by atoms with Gasteiger partial charge in [0.15, 0.2) is 5.58 Å². The van der Waals surface area contributed by atoms with E-state index in [1.165, 1.54) is 6.42 Å². The minimum atomic E-state index is -0.477. The molecule has 1 aromatic carbocycles. The number of oxazole rings is 1. The van der Waals surface area contributed by atoms with Crippen LogP contribution in [0.4, 0.5) is 29.0 Å². The molecule has 1 unspecified atom stereocenters. The summed E-state index contributed by atoms with van der Waals surface area (Å²) < 4.78 is 5.06. The first-order valence-electron chi connectivity index (χ1n) is 12.0. The van der Waals surface area contributed by atoms with E-state index in [2.05, 4.69) is 54.2 Å². The normalized spacial score (nSPS) is 15.8. The fourth-order valence-corrected chi connectivity index (χ4v) is 4.56. The average molecular weight is 475 g/mol. The molecule has 1 aliphatic rings. The topological polar surface area (TPSA) is 115 Å². The summed E-state index contributed by atoms with van der Waals surface area (Å²) in [4.78, 5) is 32.6. The van der Waals surface area contributed by atoms with Gasteiger partial charge in [-0.2, -0.15) is 4.98 Å². The maximum atomic E-state index is 11.4. The van der Waals surface area contributed by atoms with Crippen LogP contribution in [0.1, 0.15) is 25.8 Å². The van der Waals surface area contributed by atoms with Crippen LogP contribution >= 0.6 is 0 Å². The first-order valence-corrected chi connectivity index (χ1v) is 12.0. The molecule has 1 saturated heterocycles. The summed E-state index contributed by atoms with van der Waals surface area (Å²) >= 11 is 0. The monoisotopic (exact) mass is 474 g/mol. The Balaban J connectivity index is 1.26. The van der Waals surface area contributed by atoms with Crippen molar-refractivity contribution in [3.05, 3.63) is 58.8 Å². The van der Waals surface area contributed by atoms with E-state index < -0.39 is 5.76 Å². The Labute approximate surface area is 203 Å². The SMILES string of the molecule is CCN(CC)C1CCN(c2ccc(Nc3ncc(C)c(Nc4ccc5oc(=O)[nH]c5c4)n3)cn2)C1. The van der Waals surface area contributed by atoms with Crippen LogP contribution in [0.15, 0.2) is 51.9 Å². The van der Waals surface area contributed by atoms with Gasteiger partial charge in [0.25, 0.3) is 0 Å². The van der Waals surface area contributed by atoms with E-state index in [0.29, 0.717) is 28.9 Å². The zero-order valence-electron chi connectivity index (χ0n) is 20.2. The van der Waals surface area contributed by atoms with E-state index >= 15 is 0 Å². The molecule has 0 bridgehead atoms. The fourth-order valence-electron chi connectivity index (χ4n) is 4.56. The third kappa shape index (κ3) is 4.97. The van der Waals surface area contributed by atoms with Crippen molar-refractivity contribution in [2.75, 3.05) is 41.7 Å². The third-order valence-corrected chi connectivity index (χ3v) is 6.47. The molecule has 4 aromatic rings. The molecule has 1 atom stereocenters. The Morgan fingerprint density at radius 3 is 2.71 bits per heavy atom. The predicted octanol–water partition coefficient (Wildman–Crippen LogP) is 4.02. The number of H-pyrrole nitrogens is 1. The zero-order chi connectivity index (χ0) is 24.4. The molecule has 3 N–H and O–H groups in total. The highest BCUT2D eigenvalue weighted by atomic mass is 16.4. The first kappa shape index (κ1) is 22.9. The average Bonchev–Trinajstić information content (AvgIpc) is 3.49. The maximum absolute atomic E-state index is 11.4. The number of aryl methyl sites for hydroxylation is 1. The molecule has 0 spiro atoms. The number of fused-ring (bicyclic) bond motifs is 1. The lowest BCUT2D eigenvalue weighted by Gasteiger charge is -2.26. The highest BCUT2D eigenvalue weighted by molar-refractivity contribution is 5.78. The molecule has 3 aromatic heterocycles. The fraction of sp³-hybridized carbons (Fsp3) is 0.360. The van der Waals surface area contributed by atoms with Gasteiger partial charge in [-0.05, 0) is 56.8 Å². The number of pyridine rings is 1. The van der Waals surface area contributed by atoms with Crippen molar-refractivity contribution < 1.29 is 4.42 Å². The first-order chi connectivity index (χ1) is 17.0. The van der Waals surface area contributed by atoms with Crippen LogP contribution in [0.3, 0.4) is 0 Å². The summed E-state index contributed by atoms with van der Waals surface area (Å²) in [7, 11) is 0. The molecule has 0 aliphatic carbocycles. The van der Waals surface area contributed by atoms with Crippen molar-refractivity contribution in [3.8, 4) is 0 Å². The van der Waals surface area contributed by atoms with Crippen molar-refractivity contribution in [2.45, 2.75) is 33.2 Å². The molecule has 0 saturated carbocycles. The standard InChI is InChI=1S/C25H30N8O2/c1-4-32(5-2)19-10-11-33(15-19)22-9-7-18(14-26-22)29-24-27-13-16(3)23(31-24)28-17-6-8-21-20(12-17)30-25(34)35-21/h6-9,12-14,19H,4-5,10-11,15H2,1-3H3,(H,30,34)(H2,27,28,29,31). The molecular formula is C25H30N8O2. The van der Waals surface area contributed by atoms with E-state index in [1.54, 1.807) is 18.3 Å². The van der Waals surface area contributed by atoms with Gasteiger partial charge in [0.05, 0.1) is 17.4 Å². The van der Waals surface area contributed by atoms with E-state index in [9.17, 15) is 4.79 Å². The van der Waals surface area contributed by atoms with Gasteiger partial charge < -0.3 is 20.0 Å². The Hall–Kier alpha value is -3.92. The zero-order valence-corrected chi connectivity index (χ0v) is 20.2. The summed E-state index contributed by atoms with van der Waals surface area (Å²) in [6.07, 6.45) is 4.74. The molecule has 0 amide bonds. The predicted molar refractivity (Wildman–Crippen MR) is 138 cm³/mol. The molecule has 0 radical (unpaired) electrons. The number of anilines is 5. The molecular weight excluding hydrogens is 444 g/mol. The van der Waals surface area contributed by atoms with Crippen molar-refractivity contribution in [3.63, 3.8) is 0 Å². The molecule has 10 nitrogen and oxygen atoms in total. The molecule has 10 heteroatoms. The second-order valence-electron chi connectivity index (χ2n) is 8.72. The number of aromatic nitrogens is 4. The largest absolute Gasteiger partial charge is 0.417 e. The number of hydrogen-bond acceptors (Lipinski definition) is 9. The van der Waals surface area contributed by atoms with Gasteiger partial charge in [-0.15, -0.1) is 0 Å². The lowest BCUT2D eigenvalue weighted by Crippen LogP contribution is -2.37. The van der Waals surface area contributed by atoms with E-state index in [-0.39, 0.29) is 0 Å². The van der Waals surface area contributed by atoms with Gasteiger partial charge in [-0.3, -0.25) is 9.88 Å². The van der Waals surface area contributed by atoms with Gasteiger partial charge in [-0.1, -0.05) is 13.8 Å². The number of hydrogen-bond donors (Lipinski definition) is 3. The molecule has 35 heavy (non-hydrogen) atoms. The maximum Gasteiger partial charge on any atom is 0.417 e. The van der Waals surface area contributed by atoms with Gasteiger partial charge in [0.2, 0.25) is 5.95 Å². The summed E-state index contributed by atoms with van der Waals surface area (Å²) in [5, 5.41) is 6.53. The van der Waals surface area contributed by atoms with E-state index in [4.69, 9.17) is 4.42 Å². The molecule has 182 valence electrons. The minimum absolute atomic E-state index is 0.466. The Morgan fingerprint density at radius 1 is 1.11 bits per heavy atom. The van der Waals surface area contributed by atoms with Crippen LogP contribution < -0.4 is 21.3 Å². The second-order valence-corrected chi connectivity index (χ2v) is 8.72. The summed E-state index contributed by atoms with van der Waals surface area (Å²) in [5.41, 5.74) is 3.62. The van der Waals surface area contributed by atoms with E-state index in [1.807, 2.05) is 31.3 Å². The van der Waals surface area contributed by atoms with Crippen LogP contribution in [0, 0.1) is 6.92 Å². The van der Waals surface area contributed by atoms with Gasteiger partial charge in [-0.25, -0.2) is 14.8 Å². The van der Waals surface area contributed by atoms with Gasteiger partial charge in [0.1, 0.15) is 11.6 Å². The number of nitrogens with one attached hydrogen (secondary N) is 3. The third-order valence-electron chi connectivity index (χ3n) is 6.47. The van der Waals surface area contributed by atoms with Gasteiger partial charge >= 0.3 is 5.76 Å².